The molecule has 2 heterocycles. The topological polar surface area (TPSA) is 71.5 Å². The average molecular weight is 361 g/mol. The second-order valence-corrected chi connectivity index (χ2v) is 6.47. The van der Waals surface area contributed by atoms with Crippen LogP contribution in [0.3, 0.4) is 0 Å². The molecule has 7 heteroatoms. The number of aromatic nitrogens is 1. The summed E-state index contributed by atoms with van der Waals surface area (Å²) in [4.78, 5) is 28.0. The van der Waals surface area contributed by atoms with Crippen LogP contribution in [0.25, 0.3) is 0 Å². The first kappa shape index (κ1) is 12.8. The van der Waals surface area contributed by atoms with Crippen molar-refractivity contribution in [2.24, 2.45) is 0 Å². The number of imide groups is 1. The van der Waals surface area contributed by atoms with Crippen LogP contribution in [-0.2, 0) is 11.2 Å². The second-order valence-electron chi connectivity index (χ2n) is 5.29. The number of thioether (sulfide) groups is 1. The minimum atomic E-state index is -2.69. The Hall–Kier alpha value is -2.54. The molecule has 0 aliphatic carbocycles. The van der Waals surface area contributed by atoms with Gasteiger partial charge >= 0.3 is 0 Å². The first-order valence-corrected chi connectivity index (χ1v) is 8.42. The van der Waals surface area contributed by atoms with Crippen molar-refractivity contribution >= 4 is 28.7 Å². The second kappa shape index (κ2) is 8.02. The molecule has 2 aromatic rings. The third-order valence-electron chi connectivity index (χ3n) is 3.49. The average Bonchev–Trinajstić information content (AvgIpc) is 3.00. The SMILES string of the molecule is [2H]C([2H])(Oc1ccc(CC2SC(=O)NC2=O)cc1)C([2H])([2H])N(C)c1ccccn1. The zero-order valence-corrected chi connectivity index (χ0v) is 14.2. The van der Waals surface area contributed by atoms with Gasteiger partial charge in [-0.05, 0) is 36.2 Å². The van der Waals surface area contributed by atoms with Crippen LogP contribution in [0.5, 0.6) is 5.75 Å². The molecule has 0 radical (unpaired) electrons. The molecule has 0 saturated carbocycles. The molecule has 0 spiro atoms. The zero-order chi connectivity index (χ0) is 21.2. The first-order chi connectivity index (χ1) is 13.6. The first-order valence-electron chi connectivity index (χ1n) is 9.54. The van der Waals surface area contributed by atoms with E-state index in [0.717, 1.165) is 22.2 Å². The van der Waals surface area contributed by atoms with Crippen LogP contribution in [0.4, 0.5) is 10.6 Å². The standard InChI is InChI=1S/C18H19N3O3S/c1-21(16-4-2-3-9-19-16)10-11-24-14-7-5-13(6-8-14)12-15-17(22)20-18(23)25-15/h2-9,15H,10-12H2,1H3,(H,20,22,23)/i10D2,11D2. The number of benzene rings is 1. The van der Waals surface area contributed by atoms with Crippen molar-refractivity contribution in [3.8, 4) is 5.75 Å². The molecule has 1 N–H and O–H groups in total. The molecular weight excluding hydrogens is 338 g/mol. The summed E-state index contributed by atoms with van der Waals surface area (Å²) >= 11 is 0.935. The fourth-order valence-corrected chi connectivity index (χ4v) is 3.05. The normalized spacial score (nSPS) is 20.1. The predicted molar refractivity (Wildman–Crippen MR) is 98.1 cm³/mol. The Morgan fingerprint density at radius 1 is 1.28 bits per heavy atom. The van der Waals surface area contributed by atoms with Gasteiger partial charge in [-0.15, -0.1) is 0 Å². The Bertz CT molecular complexity index is 897. The Kier molecular flexibility index (Phi) is 4.10. The highest BCUT2D eigenvalue weighted by Crippen LogP contribution is 2.23. The lowest BCUT2D eigenvalue weighted by Gasteiger charge is -2.18. The molecule has 1 aromatic heterocycles. The van der Waals surface area contributed by atoms with E-state index in [-0.39, 0.29) is 22.7 Å². The fraction of sp³-hybridized carbons (Fsp3) is 0.278. The molecular formula is C18H19N3O3S. The molecule has 1 aliphatic rings. The monoisotopic (exact) mass is 361 g/mol. The van der Waals surface area contributed by atoms with E-state index in [1.54, 1.807) is 30.3 Å². The molecule has 6 nitrogen and oxygen atoms in total. The van der Waals surface area contributed by atoms with E-state index in [0.29, 0.717) is 6.42 Å². The summed E-state index contributed by atoms with van der Waals surface area (Å²) in [6.07, 6.45) is 1.84. The van der Waals surface area contributed by atoms with E-state index in [1.165, 1.54) is 25.4 Å². The van der Waals surface area contributed by atoms with Crippen LogP contribution in [0.2, 0.25) is 0 Å². The predicted octanol–water partition coefficient (Wildman–Crippen LogP) is 2.49. The number of hydrogen-bond donors (Lipinski definition) is 1. The molecule has 2 amide bonds. The number of nitrogens with zero attached hydrogens (tertiary/aromatic N) is 2. The van der Waals surface area contributed by atoms with Crippen LogP contribution < -0.4 is 15.0 Å². The number of carbonyl (C=O) groups excluding carboxylic acids is 2. The molecule has 1 unspecified atom stereocenters. The van der Waals surface area contributed by atoms with Crippen molar-refractivity contribution in [3.63, 3.8) is 0 Å². The van der Waals surface area contributed by atoms with E-state index >= 15 is 0 Å². The van der Waals surface area contributed by atoms with Crippen LogP contribution in [0, 0.1) is 0 Å². The summed E-state index contributed by atoms with van der Waals surface area (Å²) in [5, 5.41) is 1.36. The van der Waals surface area contributed by atoms with Gasteiger partial charge in [-0.3, -0.25) is 14.9 Å². The number of ether oxygens (including phenoxy) is 1. The maximum Gasteiger partial charge on any atom is 0.286 e. The Morgan fingerprint density at radius 2 is 2.08 bits per heavy atom. The van der Waals surface area contributed by atoms with Crippen molar-refractivity contribution in [2.75, 3.05) is 25.0 Å². The van der Waals surface area contributed by atoms with Crippen molar-refractivity contribution < 1.29 is 19.8 Å². The Morgan fingerprint density at radius 3 is 2.72 bits per heavy atom. The van der Waals surface area contributed by atoms with Gasteiger partial charge < -0.3 is 9.64 Å². The highest BCUT2D eigenvalue weighted by Gasteiger charge is 2.31. The number of rotatable bonds is 7. The van der Waals surface area contributed by atoms with E-state index in [1.807, 2.05) is 0 Å². The van der Waals surface area contributed by atoms with E-state index in [2.05, 4.69) is 10.3 Å². The van der Waals surface area contributed by atoms with Crippen LogP contribution >= 0.6 is 11.8 Å². The molecule has 1 aromatic carbocycles. The molecule has 130 valence electrons. The van der Waals surface area contributed by atoms with E-state index in [9.17, 15) is 9.59 Å². The number of carbonyl (C=O) groups is 2. The summed E-state index contributed by atoms with van der Waals surface area (Å²) in [5.74, 6) is 0.0706. The van der Waals surface area contributed by atoms with E-state index in [4.69, 9.17) is 10.2 Å². The van der Waals surface area contributed by atoms with Crippen molar-refractivity contribution in [3.05, 3.63) is 54.2 Å². The van der Waals surface area contributed by atoms with Gasteiger partial charge in [0, 0.05) is 13.2 Å². The maximum atomic E-state index is 11.7. The lowest BCUT2D eigenvalue weighted by atomic mass is 10.1. The van der Waals surface area contributed by atoms with Gasteiger partial charge in [0.05, 0.1) is 17.2 Å². The fourth-order valence-electron chi connectivity index (χ4n) is 2.19. The summed E-state index contributed by atoms with van der Waals surface area (Å²) in [6.45, 7) is -5.20. The molecule has 1 fully saturated rings. The highest BCUT2D eigenvalue weighted by atomic mass is 32.2. The van der Waals surface area contributed by atoms with Crippen molar-refractivity contribution in [2.45, 2.75) is 11.7 Å². The lowest BCUT2D eigenvalue weighted by molar-refractivity contribution is -0.118. The third-order valence-corrected chi connectivity index (χ3v) is 4.47. The lowest BCUT2D eigenvalue weighted by Crippen LogP contribution is -2.25. The third kappa shape index (κ3) is 4.73. The summed E-state index contributed by atoms with van der Waals surface area (Å²) in [7, 11) is 1.40. The van der Waals surface area contributed by atoms with Gasteiger partial charge in [-0.1, -0.05) is 30.0 Å². The number of anilines is 1. The van der Waals surface area contributed by atoms with Gasteiger partial charge in [0.1, 0.15) is 18.1 Å². The molecule has 1 aliphatic heterocycles. The maximum absolute atomic E-state index is 11.7. The van der Waals surface area contributed by atoms with Gasteiger partial charge in [-0.25, -0.2) is 4.98 Å². The number of hydrogen-bond acceptors (Lipinski definition) is 6. The quantitative estimate of drug-likeness (QED) is 0.817. The van der Waals surface area contributed by atoms with Gasteiger partial charge in [0.2, 0.25) is 5.91 Å². The van der Waals surface area contributed by atoms with E-state index < -0.39 is 18.3 Å². The van der Waals surface area contributed by atoms with Crippen molar-refractivity contribution in [1.82, 2.24) is 10.3 Å². The molecule has 3 rings (SSSR count). The molecule has 25 heavy (non-hydrogen) atoms. The minimum absolute atomic E-state index is 0.136. The smallest absolute Gasteiger partial charge is 0.286 e. The highest BCUT2D eigenvalue weighted by molar-refractivity contribution is 8.15. The largest absolute Gasteiger partial charge is 0.492 e. The number of nitrogens with one attached hydrogen (secondary N) is 1. The Labute approximate surface area is 156 Å². The number of amides is 2. The molecule has 0 bridgehead atoms. The number of likely N-dealkylation sites (N-methyl/N-ethyl adjacent to an activating group) is 1. The van der Waals surface area contributed by atoms with Crippen LogP contribution in [-0.4, -0.2) is 41.5 Å². The van der Waals surface area contributed by atoms with Crippen LogP contribution in [0.1, 0.15) is 11.0 Å². The van der Waals surface area contributed by atoms with Gasteiger partial charge in [-0.2, -0.15) is 0 Å². The molecule has 1 saturated heterocycles. The minimum Gasteiger partial charge on any atom is -0.492 e. The summed E-state index contributed by atoms with van der Waals surface area (Å²) in [6, 6.07) is 11.3. The van der Waals surface area contributed by atoms with Gasteiger partial charge in [0.25, 0.3) is 5.24 Å². The zero-order valence-electron chi connectivity index (χ0n) is 17.4. The van der Waals surface area contributed by atoms with Gasteiger partial charge in [0.15, 0.2) is 0 Å². The van der Waals surface area contributed by atoms with Crippen molar-refractivity contribution in [1.29, 1.82) is 0 Å². The summed E-state index contributed by atoms with van der Waals surface area (Å²) < 4.78 is 38.0. The number of pyridine rings is 1. The summed E-state index contributed by atoms with van der Waals surface area (Å²) in [5.41, 5.74) is 0.772. The molecule has 1 atom stereocenters. The van der Waals surface area contributed by atoms with Crippen LogP contribution in [0.15, 0.2) is 48.7 Å². The Balaban J connectivity index is 1.69.